The topological polar surface area (TPSA) is 54.0 Å². The minimum absolute atomic E-state index is 0.205. The summed E-state index contributed by atoms with van der Waals surface area (Å²) in [5, 5.41) is 6.85. The molecule has 2 N–H and O–H groups in total. The van der Waals surface area contributed by atoms with Crippen LogP contribution >= 0.6 is 11.3 Å². The number of carbonyl (C=O) groups excluding carboxylic acids is 1. The van der Waals surface area contributed by atoms with Crippen LogP contribution in [-0.4, -0.2) is 11.0 Å². The molecule has 0 saturated heterocycles. The van der Waals surface area contributed by atoms with Crippen molar-refractivity contribution in [2.75, 3.05) is 5.32 Å². The number of nitrogens with zero attached hydrogens (tertiary/aromatic N) is 1. The van der Waals surface area contributed by atoms with Crippen LogP contribution in [0.3, 0.4) is 0 Å². The van der Waals surface area contributed by atoms with E-state index in [9.17, 15) is 4.79 Å². The molecule has 3 rings (SSSR count). The molecule has 0 saturated carbocycles. The second-order valence-corrected chi connectivity index (χ2v) is 7.48. The molecule has 1 heterocycles. The summed E-state index contributed by atoms with van der Waals surface area (Å²) in [6.07, 6.45) is 0. The highest BCUT2D eigenvalue weighted by Crippen LogP contribution is 2.30. The summed E-state index contributed by atoms with van der Waals surface area (Å²) >= 11 is 1.63. The van der Waals surface area contributed by atoms with E-state index in [-0.39, 0.29) is 6.03 Å². The maximum absolute atomic E-state index is 12.3. The maximum atomic E-state index is 12.3. The van der Waals surface area contributed by atoms with Crippen molar-refractivity contribution in [1.29, 1.82) is 0 Å². The normalized spacial score (nSPS) is 10.6. The van der Waals surface area contributed by atoms with Crippen molar-refractivity contribution in [3.05, 3.63) is 69.7 Å². The number of benzene rings is 2. The lowest BCUT2D eigenvalue weighted by Crippen LogP contribution is -2.28. The van der Waals surface area contributed by atoms with Gasteiger partial charge in [0.05, 0.1) is 12.2 Å². The second-order valence-electron chi connectivity index (χ2n) is 6.40. The van der Waals surface area contributed by atoms with E-state index in [1.807, 2.05) is 51.1 Å². The van der Waals surface area contributed by atoms with Crippen molar-refractivity contribution in [3.8, 4) is 10.6 Å². The number of amides is 2. The van der Waals surface area contributed by atoms with Crippen molar-refractivity contribution in [3.63, 3.8) is 0 Å². The lowest BCUT2D eigenvalue weighted by atomic mass is 10.1. The van der Waals surface area contributed by atoms with Gasteiger partial charge < -0.3 is 10.6 Å². The van der Waals surface area contributed by atoms with E-state index in [1.54, 1.807) is 11.3 Å². The first-order valence-electron chi connectivity index (χ1n) is 8.59. The average Bonchev–Trinajstić information content (AvgIpc) is 2.98. The lowest BCUT2D eigenvalue weighted by molar-refractivity contribution is 0.252. The fourth-order valence-electron chi connectivity index (χ4n) is 2.73. The number of aryl methyl sites for hydroxylation is 3. The Bertz CT molecular complexity index is 946. The Balaban J connectivity index is 1.67. The summed E-state index contributed by atoms with van der Waals surface area (Å²) in [6.45, 7) is 8.57. The molecule has 1 aromatic heterocycles. The largest absolute Gasteiger partial charge is 0.333 e. The van der Waals surface area contributed by atoms with Crippen LogP contribution in [0.2, 0.25) is 0 Å². The molecule has 0 bridgehead atoms. The van der Waals surface area contributed by atoms with Crippen molar-refractivity contribution in [2.45, 2.75) is 34.2 Å². The van der Waals surface area contributed by atoms with E-state index in [0.29, 0.717) is 6.54 Å². The average molecular weight is 366 g/mol. The van der Waals surface area contributed by atoms with Crippen LogP contribution in [0.25, 0.3) is 10.6 Å². The van der Waals surface area contributed by atoms with E-state index in [2.05, 4.69) is 34.7 Å². The molecule has 2 aromatic carbocycles. The number of urea groups is 1. The zero-order valence-electron chi connectivity index (χ0n) is 15.5. The SMILES string of the molecule is Cc1ccccc1-c1nc(C)c(CNC(=O)Nc2cccc(C)c2C)s1. The van der Waals surface area contributed by atoms with Crippen molar-refractivity contribution in [1.82, 2.24) is 10.3 Å². The number of nitrogens with one attached hydrogen (secondary N) is 2. The zero-order valence-corrected chi connectivity index (χ0v) is 16.3. The molecule has 0 unspecified atom stereocenters. The van der Waals surface area contributed by atoms with Crippen LogP contribution in [0.5, 0.6) is 0 Å². The number of carbonyl (C=O) groups is 1. The smallest absolute Gasteiger partial charge is 0.319 e. The first-order chi connectivity index (χ1) is 12.5. The van der Waals surface area contributed by atoms with Gasteiger partial charge in [-0.05, 0) is 50.5 Å². The molecule has 0 aliphatic carbocycles. The molecule has 0 fully saturated rings. The number of hydrogen-bond donors (Lipinski definition) is 2. The molecule has 0 spiro atoms. The Hall–Kier alpha value is -2.66. The molecule has 3 aromatic rings. The lowest BCUT2D eigenvalue weighted by Gasteiger charge is -2.11. The zero-order chi connectivity index (χ0) is 18.7. The van der Waals surface area contributed by atoms with Crippen molar-refractivity contribution in [2.24, 2.45) is 0 Å². The van der Waals surface area contributed by atoms with E-state index in [1.165, 1.54) is 5.56 Å². The van der Waals surface area contributed by atoms with Gasteiger partial charge in [0.15, 0.2) is 0 Å². The Morgan fingerprint density at radius 1 is 1.00 bits per heavy atom. The summed E-state index contributed by atoms with van der Waals surface area (Å²) in [5.41, 5.74) is 6.38. The first kappa shape index (κ1) is 18.1. The van der Waals surface area contributed by atoms with Crippen LogP contribution < -0.4 is 10.6 Å². The number of thiazole rings is 1. The van der Waals surface area contributed by atoms with Crippen molar-refractivity contribution < 1.29 is 4.79 Å². The summed E-state index contributed by atoms with van der Waals surface area (Å²) in [7, 11) is 0. The molecule has 0 radical (unpaired) electrons. The van der Waals surface area contributed by atoms with Gasteiger partial charge in [-0.25, -0.2) is 9.78 Å². The molecule has 0 aliphatic heterocycles. The summed E-state index contributed by atoms with van der Waals surface area (Å²) in [5.74, 6) is 0. The van der Waals surface area contributed by atoms with Gasteiger partial charge in [-0.3, -0.25) is 0 Å². The van der Waals surface area contributed by atoms with Crippen LogP contribution in [0.1, 0.15) is 27.3 Å². The van der Waals surface area contributed by atoms with E-state index < -0.39 is 0 Å². The van der Waals surface area contributed by atoms with Gasteiger partial charge >= 0.3 is 6.03 Å². The van der Waals surface area contributed by atoms with E-state index in [0.717, 1.165) is 38.0 Å². The second kappa shape index (κ2) is 7.70. The third kappa shape index (κ3) is 3.94. The van der Waals surface area contributed by atoms with Gasteiger partial charge in [0.1, 0.15) is 5.01 Å². The minimum atomic E-state index is -0.205. The molecular formula is C21H23N3OS. The number of rotatable bonds is 4. The van der Waals surface area contributed by atoms with Crippen molar-refractivity contribution >= 4 is 23.1 Å². The molecule has 5 heteroatoms. The molecule has 4 nitrogen and oxygen atoms in total. The predicted octanol–water partition coefficient (Wildman–Crippen LogP) is 5.37. The van der Waals surface area contributed by atoms with Crippen LogP contribution in [0.4, 0.5) is 10.5 Å². The summed E-state index contributed by atoms with van der Waals surface area (Å²) < 4.78 is 0. The number of aromatic nitrogens is 1. The van der Waals surface area contributed by atoms with Gasteiger partial charge in [-0.15, -0.1) is 11.3 Å². The van der Waals surface area contributed by atoms with E-state index >= 15 is 0 Å². The van der Waals surface area contributed by atoms with E-state index in [4.69, 9.17) is 0 Å². The highest BCUT2D eigenvalue weighted by Gasteiger charge is 2.12. The molecule has 0 atom stereocenters. The third-order valence-corrected chi connectivity index (χ3v) is 5.72. The first-order valence-corrected chi connectivity index (χ1v) is 9.40. The van der Waals surface area contributed by atoms with Gasteiger partial charge in [0, 0.05) is 16.1 Å². The van der Waals surface area contributed by atoms with Gasteiger partial charge in [0.2, 0.25) is 0 Å². The fraction of sp³-hybridized carbons (Fsp3) is 0.238. The highest BCUT2D eigenvalue weighted by molar-refractivity contribution is 7.15. The maximum Gasteiger partial charge on any atom is 0.319 e. The van der Waals surface area contributed by atoms with Gasteiger partial charge in [0.25, 0.3) is 0 Å². The predicted molar refractivity (Wildman–Crippen MR) is 109 cm³/mol. The van der Waals surface area contributed by atoms with Gasteiger partial charge in [-0.1, -0.05) is 36.4 Å². The van der Waals surface area contributed by atoms with Crippen LogP contribution in [-0.2, 0) is 6.54 Å². The molecule has 134 valence electrons. The third-order valence-electron chi connectivity index (χ3n) is 4.53. The molecular weight excluding hydrogens is 342 g/mol. The van der Waals surface area contributed by atoms with Crippen LogP contribution in [0.15, 0.2) is 42.5 Å². The summed E-state index contributed by atoms with van der Waals surface area (Å²) in [4.78, 5) is 18.0. The highest BCUT2D eigenvalue weighted by atomic mass is 32.1. The molecule has 2 amide bonds. The Morgan fingerprint density at radius 3 is 2.50 bits per heavy atom. The van der Waals surface area contributed by atoms with Gasteiger partial charge in [-0.2, -0.15) is 0 Å². The Labute approximate surface area is 158 Å². The van der Waals surface area contributed by atoms with Crippen LogP contribution in [0, 0.1) is 27.7 Å². The Kier molecular flexibility index (Phi) is 5.38. The monoisotopic (exact) mass is 365 g/mol. The minimum Gasteiger partial charge on any atom is -0.333 e. The molecule has 26 heavy (non-hydrogen) atoms. The standard InChI is InChI=1S/C21H23N3OS/c1-13-9-7-11-18(15(13)3)24-21(25)22-12-19-16(4)23-20(26-19)17-10-6-5-8-14(17)2/h5-11H,12H2,1-4H3,(H2,22,24,25). The number of hydrogen-bond acceptors (Lipinski definition) is 3. The fourth-order valence-corrected chi connectivity index (χ4v) is 3.83. The number of anilines is 1. The molecule has 0 aliphatic rings. The Morgan fingerprint density at radius 2 is 1.73 bits per heavy atom. The quantitative estimate of drug-likeness (QED) is 0.653. The summed E-state index contributed by atoms with van der Waals surface area (Å²) in [6, 6.07) is 13.9.